The van der Waals surface area contributed by atoms with Gasteiger partial charge in [-0.3, -0.25) is 0 Å². The first kappa shape index (κ1) is 13.3. The standard InChI is InChI=1S/C14H23N3O/c1-3-15-11-12-5-4-8-16-13(12)17-9-6-14(2,18)7-10-17/h4-5,8,15,18H,3,6-7,9-11H2,1-2H3. The third-order valence-corrected chi connectivity index (χ3v) is 3.57. The van der Waals surface area contributed by atoms with Crippen LogP contribution in [0.3, 0.4) is 0 Å². The monoisotopic (exact) mass is 249 g/mol. The fraction of sp³-hybridized carbons (Fsp3) is 0.643. The predicted molar refractivity (Wildman–Crippen MR) is 73.7 cm³/mol. The van der Waals surface area contributed by atoms with Gasteiger partial charge in [0, 0.05) is 31.4 Å². The lowest BCUT2D eigenvalue weighted by atomic mass is 9.93. The number of piperidine rings is 1. The summed E-state index contributed by atoms with van der Waals surface area (Å²) in [6.07, 6.45) is 3.46. The average molecular weight is 249 g/mol. The number of hydrogen-bond donors (Lipinski definition) is 2. The summed E-state index contributed by atoms with van der Waals surface area (Å²) in [5.74, 6) is 1.06. The molecule has 0 radical (unpaired) electrons. The molecule has 0 aliphatic carbocycles. The fourth-order valence-corrected chi connectivity index (χ4v) is 2.31. The molecule has 4 nitrogen and oxygen atoms in total. The highest BCUT2D eigenvalue weighted by Gasteiger charge is 2.28. The number of rotatable bonds is 4. The van der Waals surface area contributed by atoms with Crippen LogP contribution in [-0.4, -0.2) is 35.3 Å². The van der Waals surface area contributed by atoms with Crippen LogP contribution >= 0.6 is 0 Å². The number of aliphatic hydroxyl groups is 1. The second kappa shape index (κ2) is 5.67. The summed E-state index contributed by atoms with van der Waals surface area (Å²) < 4.78 is 0. The number of anilines is 1. The molecule has 2 rings (SSSR count). The smallest absolute Gasteiger partial charge is 0.133 e. The zero-order valence-corrected chi connectivity index (χ0v) is 11.3. The van der Waals surface area contributed by atoms with Crippen molar-refractivity contribution in [2.45, 2.75) is 38.8 Å². The van der Waals surface area contributed by atoms with E-state index in [9.17, 15) is 5.11 Å². The van der Waals surface area contributed by atoms with Crippen LogP contribution in [0.25, 0.3) is 0 Å². The van der Waals surface area contributed by atoms with E-state index in [0.717, 1.165) is 44.8 Å². The van der Waals surface area contributed by atoms with Crippen molar-refractivity contribution in [3.63, 3.8) is 0 Å². The zero-order chi connectivity index (χ0) is 13.0. The molecular formula is C14H23N3O. The number of nitrogens with one attached hydrogen (secondary N) is 1. The quantitative estimate of drug-likeness (QED) is 0.850. The summed E-state index contributed by atoms with van der Waals surface area (Å²) in [5.41, 5.74) is 0.730. The molecule has 0 unspecified atom stereocenters. The SMILES string of the molecule is CCNCc1cccnc1N1CCC(C)(O)CC1. The Morgan fingerprint density at radius 3 is 2.83 bits per heavy atom. The van der Waals surface area contributed by atoms with E-state index >= 15 is 0 Å². The van der Waals surface area contributed by atoms with Crippen LogP contribution in [0.15, 0.2) is 18.3 Å². The summed E-state index contributed by atoms with van der Waals surface area (Å²) in [6.45, 7) is 7.60. The minimum Gasteiger partial charge on any atom is -0.390 e. The molecule has 0 aromatic carbocycles. The summed E-state index contributed by atoms with van der Waals surface area (Å²) >= 11 is 0. The van der Waals surface area contributed by atoms with Gasteiger partial charge in [0.1, 0.15) is 5.82 Å². The highest BCUT2D eigenvalue weighted by atomic mass is 16.3. The van der Waals surface area contributed by atoms with Gasteiger partial charge in [-0.2, -0.15) is 0 Å². The van der Waals surface area contributed by atoms with Crippen molar-refractivity contribution >= 4 is 5.82 Å². The Balaban J connectivity index is 2.08. The topological polar surface area (TPSA) is 48.4 Å². The van der Waals surface area contributed by atoms with Gasteiger partial charge in [-0.15, -0.1) is 0 Å². The van der Waals surface area contributed by atoms with Crippen molar-refractivity contribution < 1.29 is 5.11 Å². The van der Waals surface area contributed by atoms with Gasteiger partial charge in [-0.25, -0.2) is 4.98 Å². The molecule has 0 saturated carbocycles. The van der Waals surface area contributed by atoms with Crippen molar-refractivity contribution in [3.05, 3.63) is 23.9 Å². The molecule has 0 spiro atoms. The van der Waals surface area contributed by atoms with Gasteiger partial charge in [0.2, 0.25) is 0 Å². The Morgan fingerprint density at radius 1 is 1.44 bits per heavy atom. The molecule has 0 amide bonds. The Kier molecular flexibility index (Phi) is 4.19. The molecule has 1 aliphatic heterocycles. The van der Waals surface area contributed by atoms with Gasteiger partial charge < -0.3 is 15.3 Å². The van der Waals surface area contributed by atoms with E-state index in [4.69, 9.17) is 0 Å². The molecule has 1 fully saturated rings. The Hall–Kier alpha value is -1.13. The van der Waals surface area contributed by atoms with Gasteiger partial charge in [-0.05, 0) is 32.4 Å². The van der Waals surface area contributed by atoms with Gasteiger partial charge in [0.25, 0.3) is 0 Å². The Morgan fingerprint density at radius 2 is 2.17 bits per heavy atom. The maximum atomic E-state index is 9.99. The minimum absolute atomic E-state index is 0.507. The van der Waals surface area contributed by atoms with Crippen LogP contribution in [0.1, 0.15) is 32.3 Å². The first-order valence-electron chi connectivity index (χ1n) is 6.74. The highest BCUT2D eigenvalue weighted by molar-refractivity contribution is 5.47. The van der Waals surface area contributed by atoms with Crippen LogP contribution in [0.2, 0.25) is 0 Å². The molecule has 100 valence electrons. The van der Waals surface area contributed by atoms with Crippen LogP contribution in [0.4, 0.5) is 5.82 Å². The molecule has 1 aliphatic rings. The van der Waals surface area contributed by atoms with Crippen molar-refractivity contribution in [2.75, 3.05) is 24.5 Å². The van der Waals surface area contributed by atoms with Gasteiger partial charge in [0.05, 0.1) is 5.60 Å². The van der Waals surface area contributed by atoms with Crippen molar-refractivity contribution in [1.29, 1.82) is 0 Å². The lowest BCUT2D eigenvalue weighted by Crippen LogP contribution is -2.43. The molecule has 1 aromatic rings. The lowest BCUT2D eigenvalue weighted by molar-refractivity contribution is 0.0350. The van der Waals surface area contributed by atoms with Crippen LogP contribution in [0, 0.1) is 0 Å². The third kappa shape index (κ3) is 3.21. The van der Waals surface area contributed by atoms with Crippen LogP contribution in [0.5, 0.6) is 0 Å². The van der Waals surface area contributed by atoms with E-state index in [1.165, 1.54) is 5.56 Å². The number of nitrogens with zero attached hydrogens (tertiary/aromatic N) is 2. The summed E-state index contributed by atoms with van der Waals surface area (Å²) in [6, 6.07) is 4.11. The molecule has 0 bridgehead atoms. The molecule has 0 atom stereocenters. The minimum atomic E-state index is -0.507. The first-order valence-corrected chi connectivity index (χ1v) is 6.74. The summed E-state index contributed by atoms with van der Waals surface area (Å²) in [5, 5.41) is 13.3. The van der Waals surface area contributed by atoms with E-state index in [1.807, 2.05) is 19.2 Å². The largest absolute Gasteiger partial charge is 0.390 e. The summed E-state index contributed by atoms with van der Waals surface area (Å²) in [4.78, 5) is 6.79. The van der Waals surface area contributed by atoms with E-state index in [-0.39, 0.29) is 0 Å². The molecule has 1 aromatic heterocycles. The van der Waals surface area contributed by atoms with E-state index in [1.54, 1.807) is 0 Å². The molecule has 2 N–H and O–H groups in total. The maximum absolute atomic E-state index is 9.99. The molecular weight excluding hydrogens is 226 g/mol. The van der Waals surface area contributed by atoms with Gasteiger partial charge in [0.15, 0.2) is 0 Å². The van der Waals surface area contributed by atoms with Crippen LogP contribution < -0.4 is 10.2 Å². The predicted octanol–water partition coefficient (Wildman–Crippen LogP) is 1.54. The second-order valence-electron chi connectivity index (χ2n) is 5.25. The van der Waals surface area contributed by atoms with Crippen molar-refractivity contribution in [2.24, 2.45) is 0 Å². The molecule has 18 heavy (non-hydrogen) atoms. The van der Waals surface area contributed by atoms with E-state index in [0.29, 0.717) is 0 Å². The van der Waals surface area contributed by atoms with Crippen molar-refractivity contribution in [1.82, 2.24) is 10.3 Å². The summed E-state index contributed by atoms with van der Waals surface area (Å²) in [7, 11) is 0. The lowest BCUT2D eigenvalue weighted by Gasteiger charge is -2.37. The molecule has 4 heteroatoms. The number of hydrogen-bond acceptors (Lipinski definition) is 4. The molecule has 2 heterocycles. The third-order valence-electron chi connectivity index (χ3n) is 3.57. The average Bonchev–Trinajstić information content (AvgIpc) is 2.37. The van der Waals surface area contributed by atoms with E-state index in [2.05, 4.69) is 28.2 Å². The highest BCUT2D eigenvalue weighted by Crippen LogP contribution is 2.26. The van der Waals surface area contributed by atoms with Gasteiger partial charge >= 0.3 is 0 Å². The van der Waals surface area contributed by atoms with E-state index < -0.39 is 5.60 Å². The van der Waals surface area contributed by atoms with Crippen molar-refractivity contribution in [3.8, 4) is 0 Å². The maximum Gasteiger partial charge on any atom is 0.133 e. The van der Waals surface area contributed by atoms with Gasteiger partial charge in [-0.1, -0.05) is 13.0 Å². The number of pyridine rings is 1. The molecule has 1 saturated heterocycles. The Labute approximate surface area is 109 Å². The fourth-order valence-electron chi connectivity index (χ4n) is 2.31. The zero-order valence-electron chi connectivity index (χ0n) is 11.3. The normalized spacial score (nSPS) is 18.9. The Bertz CT molecular complexity index is 382. The van der Waals surface area contributed by atoms with Crippen LogP contribution in [-0.2, 0) is 6.54 Å². The second-order valence-corrected chi connectivity index (χ2v) is 5.25. The number of aromatic nitrogens is 1. The first-order chi connectivity index (χ1) is 8.62.